The van der Waals surface area contributed by atoms with Gasteiger partial charge in [0.2, 0.25) is 0 Å². The molecule has 7 heteroatoms. The van der Waals surface area contributed by atoms with Crippen molar-refractivity contribution in [1.29, 1.82) is 0 Å². The Bertz CT molecular complexity index is 789. The van der Waals surface area contributed by atoms with Crippen LogP contribution in [0, 0.1) is 11.6 Å². The lowest BCUT2D eigenvalue weighted by Gasteiger charge is -2.23. The highest BCUT2D eigenvalue weighted by molar-refractivity contribution is 5.97. The Morgan fingerprint density at radius 1 is 1.04 bits per heavy atom. The zero-order chi connectivity index (χ0) is 19.3. The molecule has 0 fully saturated rings. The summed E-state index contributed by atoms with van der Waals surface area (Å²) in [5.74, 6) is -2.36. The van der Waals surface area contributed by atoms with E-state index in [2.05, 4.69) is 10.6 Å². The zero-order valence-electron chi connectivity index (χ0n) is 14.7. The van der Waals surface area contributed by atoms with Gasteiger partial charge in [-0.3, -0.25) is 4.79 Å². The molecule has 0 aliphatic heterocycles. The first-order chi connectivity index (χ1) is 12.2. The summed E-state index contributed by atoms with van der Waals surface area (Å²) < 4.78 is 32.0. The van der Waals surface area contributed by atoms with Crippen LogP contribution in [0.5, 0.6) is 0 Å². The number of benzene rings is 2. The third-order valence-electron chi connectivity index (χ3n) is 3.25. The highest BCUT2D eigenvalue weighted by Gasteiger charge is 2.26. The first-order valence-electron chi connectivity index (χ1n) is 7.96. The summed E-state index contributed by atoms with van der Waals surface area (Å²) in [6, 6.07) is 10.1. The molecule has 2 aromatic carbocycles. The molecule has 0 aliphatic rings. The quantitative estimate of drug-likeness (QED) is 0.858. The summed E-state index contributed by atoms with van der Waals surface area (Å²) in [6.45, 7) is 5.08. The molecule has 2 amide bonds. The molecular formula is C19H20F2N2O3. The van der Waals surface area contributed by atoms with Gasteiger partial charge in [0.05, 0.1) is 5.69 Å². The van der Waals surface area contributed by atoms with Gasteiger partial charge >= 0.3 is 6.09 Å². The van der Waals surface area contributed by atoms with Crippen molar-refractivity contribution < 1.29 is 23.1 Å². The van der Waals surface area contributed by atoms with E-state index in [1.54, 1.807) is 51.1 Å². The molecule has 0 unspecified atom stereocenters. The third kappa shape index (κ3) is 5.54. The van der Waals surface area contributed by atoms with Crippen molar-refractivity contribution in [3.63, 3.8) is 0 Å². The lowest BCUT2D eigenvalue weighted by atomic mass is 10.1. The largest absolute Gasteiger partial charge is 0.444 e. The van der Waals surface area contributed by atoms with Gasteiger partial charge in [-0.1, -0.05) is 30.3 Å². The maximum absolute atomic E-state index is 13.8. The van der Waals surface area contributed by atoms with E-state index in [9.17, 15) is 18.4 Å². The van der Waals surface area contributed by atoms with Crippen LogP contribution in [0.3, 0.4) is 0 Å². The SMILES string of the molecule is CC(C)(C)OC(=O)N[C@@H](C(=O)Nc1ccc(F)cc1F)c1ccccc1. The number of nitrogens with one attached hydrogen (secondary N) is 2. The molecule has 0 aliphatic carbocycles. The molecule has 2 rings (SSSR count). The number of ether oxygens (including phenoxy) is 1. The molecule has 0 saturated carbocycles. The van der Waals surface area contributed by atoms with E-state index in [0.717, 1.165) is 12.1 Å². The molecule has 2 aromatic rings. The van der Waals surface area contributed by atoms with Gasteiger partial charge in [0.1, 0.15) is 23.3 Å². The first-order valence-corrected chi connectivity index (χ1v) is 7.96. The van der Waals surface area contributed by atoms with Gasteiger partial charge in [0.15, 0.2) is 0 Å². The minimum Gasteiger partial charge on any atom is -0.444 e. The molecule has 0 bridgehead atoms. The topological polar surface area (TPSA) is 67.4 Å². The van der Waals surface area contributed by atoms with Gasteiger partial charge in [-0.15, -0.1) is 0 Å². The van der Waals surface area contributed by atoms with E-state index in [1.165, 1.54) is 0 Å². The van der Waals surface area contributed by atoms with Crippen LogP contribution in [0.1, 0.15) is 32.4 Å². The Labute approximate surface area is 150 Å². The second kappa shape index (κ2) is 7.95. The maximum Gasteiger partial charge on any atom is 0.408 e. The summed E-state index contributed by atoms with van der Waals surface area (Å²) in [5.41, 5.74) is -0.452. The maximum atomic E-state index is 13.8. The van der Waals surface area contributed by atoms with Crippen LogP contribution >= 0.6 is 0 Å². The predicted molar refractivity (Wildman–Crippen MR) is 93.5 cm³/mol. The second-order valence-corrected chi connectivity index (χ2v) is 6.60. The molecule has 0 heterocycles. The van der Waals surface area contributed by atoms with Crippen molar-refractivity contribution in [2.24, 2.45) is 0 Å². The van der Waals surface area contributed by atoms with Crippen LogP contribution in [-0.4, -0.2) is 17.6 Å². The Balaban J connectivity index is 2.22. The first kappa shape index (κ1) is 19.4. The Kier molecular flexibility index (Phi) is 5.92. The lowest BCUT2D eigenvalue weighted by Crippen LogP contribution is -2.40. The Morgan fingerprint density at radius 2 is 1.69 bits per heavy atom. The average molecular weight is 362 g/mol. The molecular weight excluding hydrogens is 342 g/mol. The van der Waals surface area contributed by atoms with Gasteiger partial charge in [0.25, 0.3) is 5.91 Å². The third-order valence-corrected chi connectivity index (χ3v) is 3.25. The fraction of sp³-hybridized carbons (Fsp3) is 0.263. The normalized spacial score (nSPS) is 12.2. The van der Waals surface area contributed by atoms with Gasteiger partial charge in [0, 0.05) is 6.07 Å². The molecule has 26 heavy (non-hydrogen) atoms. The number of amides is 2. The molecule has 5 nitrogen and oxygen atoms in total. The van der Waals surface area contributed by atoms with Crippen molar-refractivity contribution >= 4 is 17.7 Å². The highest BCUT2D eigenvalue weighted by Crippen LogP contribution is 2.20. The molecule has 0 radical (unpaired) electrons. The number of hydrogen-bond acceptors (Lipinski definition) is 3. The fourth-order valence-corrected chi connectivity index (χ4v) is 2.17. The van der Waals surface area contributed by atoms with E-state index >= 15 is 0 Å². The van der Waals surface area contributed by atoms with E-state index in [4.69, 9.17) is 4.74 Å². The number of alkyl carbamates (subject to hydrolysis) is 1. The standard InChI is InChI=1S/C19H20F2N2O3/c1-19(2,3)26-18(25)23-16(12-7-5-4-6-8-12)17(24)22-15-10-9-13(20)11-14(15)21/h4-11,16H,1-3H3,(H,22,24)(H,23,25)/t16-/m1/s1. The van der Waals surface area contributed by atoms with Crippen LogP contribution in [0.4, 0.5) is 19.3 Å². The van der Waals surface area contributed by atoms with Gasteiger partial charge in [-0.2, -0.15) is 0 Å². The Morgan fingerprint density at radius 3 is 2.27 bits per heavy atom. The van der Waals surface area contributed by atoms with Crippen molar-refractivity contribution in [1.82, 2.24) is 5.32 Å². The van der Waals surface area contributed by atoms with E-state index in [-0.39, 0.29) is 5.69 Å². The van der Waals surface area contributed by atoms with Crippen LogP contribution in [0.25, 0.3) is 0 Å². The molecule has 2 N–H and O–H groups in total. The molecule has 0 aromatic heterocycles. The van der Waals surface area contributed by atoms with E-state index < -0.39 is 35.3 Å². The average Bonchev–Trinajstić information content (AvgIpc) is 2.54. The van der Waals surface area contributed by atoms with Crippen molar-refractivity contribution in [3.05, 3.63) is 65.7 Å². The van der Waals surface area contributed by atoms with Crippen LogP contribution in [-0.2, 0) is 9.53 Å². The summed E-state index contributed by atoms with van der Waals surface area (Å²) in [4.78, 5) is 24.7. The number of rotatable bonds is 4. The zero-order valence-corrected chi connectivity index (χ0v) is 14.7. The van der Waals surface area contributed by atoms with Crippen LogP contribution in [0.15, 0.2) is 48.5 Å². The number of hydrogen-bond donors (Lipinski definition) is 2. The van der Waals surface area contributed by atoms with Gasteiger partial charge in [-0.25, -0.2) is 13.6 Å². The molecule has 1 atom stereocenters. The minimum absolute atomic E-state index is 0.191. The highest BCUT2D eigenvalue weighted by atomic mass is 19.1. The predicted octanol–water partition coefficient (Wildman–Crippen LogP) is 4.17. The van der Waals surface area contributed by atoms with E-state index in [1.807, 2.05) is 0 Å². The van der Waals surface area contributed by atoms with Crippen LogP contribution in [0.2, 0.25) is 0 Å². The second-order valence-electron chi connectivity index (χ2n) is 6.60. The smallest absolute Gasteiger partial charge is 0.408 e. The number of halogens is 2. The fourth-order valence-electron chi connectivity index (χ4n) is 2.17. The number of carbonyl (C=O) groups excluding carboxylic acids is 2. The summed E-state index contributed by atoms with van der Waals surface area (Å²) in [5, 5.41) is 4.82. The minimum atomic E-state index is -1.12. The number of anilines is 1. The summed E-state index contributed by atoms with van der Waals surface area (Å²) in [6.07, 6.45) is -0.791. The molecule has 0 saturated heterocycles. The molecule has 138 valence electrons. The van der Waals surface area contributed by atoms with Gasteiger partial charge < -0.3 is 15.4 Å². The molecule has 0 spiro atoms. The summed E-state index contributed by atoms with van der Waals surface area (Å²) >= 11 is 0. The van der Waals surface area contributed by atoms with Crippen molar-refractivity contribution in [2.45, 2.75) is 32.4 Å². The Hall–Kier alpha value is -2.96. The number of carbonyl (C=O) groups is 2. The monoisotopic (exact) mass is 362 g/mol. The van der Waals surface area contributed by atoms with E-state index in [0.29, 0.717) is 11.6 Å². The van der Waals surface area contributed by atoms with Gasteiger partial charge in [-0.05, 0) is 38.5 Å². The van der Waals surface area contributed by atoms with Crippen molar-refractivity contribution in [3.8, 4) is 0 Å². The lowest BCUT2D eigenvalue weighted by molar-refractivity contribution is -0.118. The van der Waals surface area contributed by atoms with Crippen molar-refractivity contribution in [2.75, 3.05) is 5.32 Å². The summed E-state index contributed by atoms with van der Waals surface area (Å²) in [7, 11) is 0. The van der Waals surface area contributed by atoms with Crippen LogP contribution < -0.4 is 10.6 Å².